The third-order valence-electron chi connectivity index (χ3n) is 2.60. The molecular formula is C13H11ClFN3O2. The molecule has 5 nitrogen and oxygen atoms in total. The normalized spacial score (nSPS) is 10.3. The smallest absolute Gasteiger partial charge is 0.255 e. The maximum atomic E-state index is 12.7. The third-order valence-corrected chi connectivity index (χ3v) is 2.79. The highest BCUT2D eigenvalue weighted by atomic mass is 35.5. The summed E-state index contributed by atoms with van der Waals surface area (Å²) in [5.41, 5.74) is 0.0424. The lowest BCUT2D eigenvalue weighted by molar-refractivity contribution is -0.116. The fraction of sp³-hybridized carbons (Fsp3) is 0.154. The van der Waals surface area contributed by atoms with E-state index in [1.807, 2.05) is 0 Å². The van der Waals surface area contributed by atoms with Crippen LogP contribution in [-0.4, -0.2) is 15.5 Å². The fourth-order valence-electron chi connectivity index (χ4n) is 1.66. The summed E-state index contributed by atoms with van der Waals surface area (Å²) in [5.74, 6) is -0.459. The number of rotatable bonds is 3. The Morgan fingerprint density at radius 1 is 1.40 bits per heavy atom. The van der Waals surface area contributed by atoms with Crippen LogP contribution in [0.4, 0.5) is 10.1 Å². The van der Waals surface area contributed by atoms with Gasteiger partial charge in [-0.15, -0.1) is 0 Å². The average Bonchev–Trinajstić information content (AvgIpc) is 2.36. The minimum Gasteiger partial charge on any atom is -0.325 e. The molecule has 0 unspecified atom stereocenters. The summed E-state index contributed by atoms with van der Waals surface area (Å²) in [7, 11) is 0. The number of nitrogens with one attached hydrogen (secondary N) is 1. The van der Waals surface area contributed by atoms with Crippen LogP contribution in [0.3, 0.4) is 0 Å². The van der Waals surface area contributed by atoms with Crippen molar-refractivity contribution in [3.05, 3.63) is 57.5 Å². The molecule has 0 bridgehead atoms. The Morgan fingerprint density at radius 3 is 2.65 bits per heavy atom. The first-order chi connectivity index (χ1) is 9.45. The standard InChI is InChI=1S/C13H11ClFN3O2/c1-8-16-11(14)6-13(20)18(8)7-12(19)17-10-4-2-9(15)3-5-10/h2-6H,7H2,1H3,(H,17,19). The molecule has 1 aromatic heterocycles. The second kappa shape index (κ2) is 5.83. The lowest BCUT2D eigenvalue weighted by Crippen LogP contribution is -2.29. The van der Waals surface area contributed by atoms with Crippen molar-refractivity contribution in [2.45, 2.75) is 13.5 Å². The summed E-state index contributed by atoms with van der Waals surface area (Å²) in [6, 6.07) is 6.47. The van der Waals surface area contributed by atoms with Gasteiger partial charge in [0, 0.05) is 11.8 Å². The van der Waals surface area contributed by atoms with Gasteiger partial charge in [-0.1, -0.05) is 11.6 Å². The number of carbonyl (C=O) groups excluding carboxylic acids is 1. The highest BCUT2D eigenvalue weighted by Gasteiger charge is 2.09. The number of anilines is 1. The van der Waals surface area contributed by atoms with Crippen LogP contribution in [0.1, 0.15) is 5.82 Å². The van der Waals surface area contributed by atoms with Crippen molar-refractivity contribution in [3.8, 4) is 0 Å². The molecule has 0 aliphatic rings. The maximum Gasteiger partial charge on any atom is 0.255 e. The summed E-state index contributed by atoms with van der Waals surface area (Å²) in [6.45, 7) is 1.39. The first-order valence-electron chi connectivity index (χ1n) is 5.75. The van der Waals surface area contributed by atoms with Crippen LogP contribution in [0.5, 0.6) is 0 Å². The minimum absolute atomic E-state index is 0.0858. The molecule has 1 aromatic carbocycles. The van der Waals surface area contributed by atoms with Crippen LogP contribution in [0.2, 0.25) is 5.15 Å². The molecule has 0 fully saturated rings. The van der Waals surface area contributed by atoms with Crippen molar-refractivity contribution in [2.24, 2.45) is 0 Å². The molecule has 0 aliphatic heterocycles. The monoisotopic (exact) mass is 295 g/mol. The van der Waals surface area contributed by atoms with E-state index in [0.29, 0.717) is 11.5 Å². The molecule has 20 heavy (non-hydrogen) atoms. The third kappa shape index (κ3) is 3.42. The zero-order valence-corrected chi connectivity index (χ0v) is 11.3. The number of hydrogen-bond acceptors (Lipinski definition) is 3. The second-order valence-corrected chi connectivity index (χ2v) is 4.49. The van der Waals surface area contributed by atoms with E-state index in [1.165, 1.54) is 28.8 Å². The molecule has 104 valence electrons. The predicted octanol–water partition coefficient (Wildman–Crippen LogP) is 1.98. The lowest BCUT2D eigenvalue weighted by Gasteiger charge is -2.09. The number of aryl methyl sites for hydroxylation is 1. The fourth-order valence-corrected chi connectivity index (χ4v) is 1.87. The molecule has 0 atom stereocenters. The Bertz CT molecular complexity index is 698. The first kappa shape index (κ1) is 14.2. The quantitative estimate of drug-likeness (QED) is 0.881. The van der Waals surface area contributed by atoms with Gasteiger partial charge < -0.3 is 5.32 Å². The summed E-state index contributed by atoms with van der Waals surface area (Å²) >= 11 is 5.64. The lowest BCUT2D eigenvalue weighted by atomic mass is 10.3. The van der Waals surface area contributed by atoms with Crippen LogP contribution < -0.4 is 10.9 Å². The van der Waals surface area contributed by atoms with Crippen LogP contribution in [0, 0.1) is 12.7 Å². The van der Waals surface area contributed by atoms with Crippen molar-refractivity contribution >= 4 is 23.2 Å². The molecule has 2 rings (SSSR count). The molecule has 0 aliphatic carbocycles. The number of amides is 1. The SMILES string of the molecule is Cc1nc(Cl)cc(=O)n1CC(=O)Nc1ccc(F)cc1. The van der Waals surface area contributed by atoms with Crippen molar-refractivity contribution in [1.82, 2.24) is 9.55 Å². The van der Waals surface area contributed by atoms with Gasteiger partial charge in [0.15, 0.2) is 0 Å². The van der Waals surface area contributed by atoms with E-state index in [9.17, 15) is 14.0 Å². The molecular weight excluding hydrogens is 285 g/mol. The predicted molar refractivity (Wildman–Crippen MR) is 73.3 cm³/mol. The van der Waals surface area contributed by atoms with Crippen molar-refractivity contribution in [3.63, 3.8) is 0 Å². The van der Waals surface area contributed by atoms with E-state index in [0.717, 1.165) is 6.07 Å². The number of nitrogens with zero attached hydrogens (tertiary/aromatic N) is 2. The van der Waals surface area contributed by atoms with Gasteiger partial charge in [0.1, 0.15) is 23.3 Å². The Kier molecular flexibility index (Phi) is 4.14. The average molecular weight is 296 g/mol. The summed E-state index contributed by atoms with van der Waals surface area (Å²) in [5, 5.41) is 2.65. The van der Waals surface area contributed by atoms with Gasteiger partial charge in [-0.2, -0.15) is 0 Å². The number of aromatic nitrogens is 2. The van der Waals surface area contributed by atoms with Gasteiger partial charge in [0.05, 0.1) is 0 Å². The Labute approximate surface area is 119 Å². The Balaban J connectivity index is 2.12. The number of benzene rings is 1. The second-order valence-electron chi connectivity index (χ2n) is 4.11. The molecule has 2 aromatic rings. The number of carbonyl (C=O) groups is 1. The van der Waals surface area contributed by atoms with Gasteiger partial charge in [-0.3, -0.25) is 14.2 Å². The molecule has 1 heterocycles. The molecule has 0 saturated heterocycles. The van der Waals surface area contributed by atoms with E-state index in [4.69, 9.17) is 11.6 Å². The number of hydrogen-bond donors (Lipinski definition) is 1. The van der Waals surface area contributed by atoms with Crippen LogP contribution in [0.15, 0.2) is 35.1 Å². The summed E-state index contributed by atoms with van der Waals surface area (Å²) < 4.78 is 13.9. The highest BCUT2D eigenvalue weighted by Crippen LogP contribution is 2.08. The van der Waals surface area contributed by atoms with Gasteiger partial charge in [-0.25, -0.2) is 9.37 Å². The van der Waals surface area contributed by atoms with E-state index in [1.54, 1.807) is 6.92 Å². The van der Waals surface area contributed by atoms with Gasteiger partial charge in [0.25, 0.3) is 5.56 Å². The maximum absolute atomic E-state index is 12.7. The van der Waals surface area contributed by atoms with Gasteiger partial charge in [0.2, 0.25) is 5.91 Å². The molecule has 7 heteroatoms. The van der Waals surface area contributed by atoms with Crippen LogP contribution in [0.25, 0.3) is 0 Å². The molecule has 1 amide bonds. The molecule has 0 saturated carbocycles. The zero-order chi connectivity index (χ0) is 14.7. The van der Waals surface area contributed by atoms with E-state index >= 15 is 0 Å². The number of halogens is 2. The Morgan fingerprint density at radius 2 is 2.05 bits per heavy atom. The van der Waals surface area contributed by atoms with Gasteiger partial charge >= 0.3 is 0 Å². The molecule has 0 spiro atoms. The highest BCUT2D eigenvalue weighted by molar-refractivity contribution is 6.29. The van der Waals surface area contributed by atoms with Crippen molar-refractivity contribution in [2.75, 3.05) is 5.32 Å². The minimum atomic E-state index is -0.411. The van der Waals surface area contributed by atoms with E-state index < -0.39 is 17.3 Å². The Hall–Kier alpha value is -2.21. The van der Waals surface area contributed by atoms with E-state index in [2.05, 4.69) is 10.3 Å². The van der Waals surface area contributed by atoms with Gasteiger partial charge in [-0.05, 0) is 31.2 Å². The summed E-state index contributed by atoms with van der Waals surface area (Å²) in [4.78, 5) is 27.4. The molecule has 1 N–H and O–H groups in total. The largest absolute Gasteiger partial charge is 0.325 e. The summed E-state index contributed by atoms with van der Waals surface area (Å²) in [6.07, 6.45) is 0. The van der Waals surface area contributed by atoms with Crippen LogP contribution in [-0.2, 0) is 11.3 Å². The van der Waals surface area contributed by atoms with Crippen molar-refractivity contribution < 1.29 is 9.18 Å². The topological polar surface area (TPSA) is 64.0 Å². The zero-order valence-electron chi connectivity index (χ0n) is 10.6. The van der Waals surface area contributed by atoms with Crippen LogP contribution >= 0.6 is 11.6 Å². The van der Waals surface area contributed by atoms with Crippen molar-refractivity contribution in [1.29, 1.82) is 0 Å². The first-order valence-corrected chi connectivity index (χ1v) is 6.13. The molecule has 0 radical (unpaired) electrons. The van der Waals surface area contributed by atoms with E-state index in [-0.39, 0.29) is 11.7 Å².